The zero-order valence-electron chi connectivity index (χ0n) is 9.10. The molecule has 0 bridgehead atoms. The van der Waals surface area contributed by atoms with E-state index in [1.165, 1.54) is 0 Å². The van der Waals surface area contributed by atoms with Gasteiger partial charge >= 0.3 is 0 Å². The molecule has 0 aromatic carbocycles. The Balaban J connectivity index is 2.00. The second-order valence-electron chi connectivity index (χ2n) is 3.62. The summed E-state index contributed by atoms with van der Waals surface area (Å²) >= 11 is 0. The molecular formula is C10H16N4O. The Labute approximate surface area is 89.5 Å². The SMILES string of the molecule is COCCNC1=NC=CN2C1=NCC2C. The minimum Gasteiger partial charge on any atom is -0.383 e. The molecule has 1 N–H and O–H groups in total. The predicted molar refractivity (Wildman–Crippen MR) is 60.1 cm³/mol. The van der Waals surface area contributed by atoms with Crippen molar-refractivity contribution in [1.29, 1.82) is 0 Å². The summed E-state index contributed by atoms with van der Waals surface area (Å²) in [4.78, 5) is 10.9. The highest BCUT2D eigenvalue weighted by molar-refractivity contribution is 6.41. The molecule has 0 aliphatic carbocycles. The van der Waals surface area contributed by atoms with Crippen LogP contribution in [0.25, 0.3) is 0 Å². The van der Waals surface area contributed by atoms with Gasteiger partial charge in [-0.1, -0.05) is 0 Å². The van der Waals surface area contributed by atoms with Crippen LogP contribution >= 0.6 is 0 Å². The number of hydrogen-bond donors (Lipinski definition) is 1. The Hall–Kier alpha value is -1.36. The summed E-state index contributed by atoms with van der Waals surface area (Å²) < 4.78 is 4.98. The molecule has 15 heavy (non-hydrogen) atoms. The van der Waals surface area contributed by atoms with Gasteiger partial charge in [0, 0.05) is 26.1 Å². The van der Waals surface area contributed by atoms with E-state index in [4.69, 9.17) is 4.74 Å². The van der Waals surface area contributed by atoms with Gasteiger partial charge in [-0.3, -0.25) is 4.99 Å². The fraction of sp³-hybridized carbons (Fsp3) is 0.600. The van der Waals surface area contributed by atoms with Crippen LogP contribution in [-0.4, -0.2) is 49.4 Å². The van der Waals surface area contributed by atoms with Crippen molar-refractivity contribution in [3.05, 3.63) is 12.4 Å². The zero-order chi connectivity index (χ0) is 10.7. The van der Waals surface area contributed by atoms with Crippen molar-refractivity contribution in [3.8, 4) is 0 Å². The molecule has 2 heterocycles. The Bertz CT molecular complexity index is 321. The van der Waals surface area contributed by atoms with Crippen molar-refractivity contribution in [2.75, 3.05) is 26.8 Å². The van der Waals surface area contributed by atoms with Crippen LogP contribution in [0.5, 0.6) is 0 Å². The molecule has 2 aliphatic rings. The number of ether oxygens (including phenoxy) is 1. The topological polar surface area (TPSA) is 49.2 Å². The molecule has 0 saturated carbocycles. The summed E-state index contributed by atoms with van der Waals surface area (Å²) in [7, 11) is 1.69. The molecular weight excluding hydrogens is 192 g/mol. The van der Waals surface area contributed by atoms with Crippen molar-refractivity contribution in [2.24, 2.45) is 9.98 Å². The van der Waals surface area contributed by atoms with E-state index in [2.05, 4.69) is 27.1 Å². The molecule has 2 rings (SSSR count). The standard InChI is InChI=1S/C10H16N4O/c1-8-7-13-10-9(12-4-6-15-2)11-3-5-14(8)10/h3,5,8H,4,6-7H2,1-2H3,(H,11,12). The molecule has 0 radical (unpaired) electrons. The third kappa shape index (κ3) is 2.02. The van der Waals surface area contributed by atoms with Crippen molar-refractivity contribution < 1.29 is 4.74 Å². The van der Waals surface area contributed by atoms with E-state index in [-0.39, 0.29) is 0 Å². The van der Waals surface area contributed by atoms with Crippen LogP contribution < -0.4 is 5.32 Å². The van der Waals surface area contributed by atoms with Gasteiger partial charge in [-0.05, 0) is 6.92 Å². The lowest BCUT2D eigenvalue weighted by Gasteiger charge is -2.24. The number of aliphatic imine (C=N–C) groups is 2. The molecule has 1 atom stereocenters. The number of amidine groups is 2. The number of nitrogens with zero attached hydrogens (tertiary/aromatic N) is 3. The van der Waals surface area contributed by atoms with Gasteiger partial charge in [-0.25, -0.2) is 4.99 Å². The first-order valence-electron chi connectivity index (χ1n) is 5.13. The molecule has 1 unspecified atom stereocenters. The van der Waals surface area contributed by atoms with Crippen LogP contribution in [0.4, 0.5) is 0 Å². The molecule has 0 saturated heterocycles. The summed E-state index contributed by atoms with van der Waals surface area (Å²) in [5.41, 5.74) is 0. The molecule has 0 fully saturated rings. The highest BCUT2D eigenvalue weighted by Gasteiger charge is 2.27. The Morgan fingerprint density at radius 1 is 1.67 bits per heavy atom. The second kappa shape index (κ2) is 4.44. The monoisotopic (exact) mass is 208 g/mol. The number of hydrogen-bond acceptors (Lipinski definition) is 5. The van der Waals surface area contributed by atoms with Gasteiger partial charge in [0.25, 0.3) is 0 Å². The first kappa shape index (κ1) is 10.2. The van der Waals surface area contributed by atoms with Gasteiger partial charge in [0.05, 0.1) is 19.2 Å². The maximum atomic E-state index is 4.98. The number of fused-ring (bicyclic) bond motifs is 1. The third-order valence-corrected chi connectivity index (χ3v) is 2.47. The van der Waals surface area contributed by atoms with Crippen LogP contribution in [-0.2, 0) is 4.74 Å². The maximum Gasteiger partial charge on any atom is 0.171 e. The Kier molecular flexibility index (Phi) is 3.01. The van der Waals surface area contributed by atoms with Crippen LogP contribution in [0.1, 0.15) is 6.92 Å². The number of methoxy groups -OCH3 is 1. The first-order chi connectivity index (χ1) is 7.33. The van der Waals surface area contributed by atoms with Gasteiger partial charge in [0.2, 0.25) is 0 Å². The normalized spacial score (nSPS) is 23.6. The van der Waals surface area contributed by atoms with Gasteiger partial charge in [-0.2, -0.15) is 0 Å². The largest absolute Gasteiger partial charge is 0.383 e. The third-order valence-electron chi connectivity index (χ3n) is 2.47. The minimum atomic E-state index is 0.436. The minimum absolute atomic E-state index is 0.436. The molecule has 0 aromatic rings. The van der Waals surface area contributed by atoms with Crippen molar-refractivity contribution >= 4 is 11.7 Å². The van der Waals surface area contributed by atoms with Crippen LogP contribution in [0.2, 0.25) is 0 Å². The van der Waals surface area contributed by atoms with E-state index < -0.39 is 0 Å². The fourth-order valence-corrected chi connectivity index (χ4v) is 1.65. The second-order valence-corrected chi connectivity index (χ2v) is 3.62. The highest BCUT2D eigenvalue weighted by atomic mass is 16.5. The zero-order valence-corrected chi connectivity index (χ0v) is 9.10. The fourth-order valence-electron chi connectivity index (χ4n) is 1.65. The quantitative estimate of drug-likeness (QED) is 0.674. The van der Waals surface area contributed by atoms with Crippen LogP contribution in [0.3, 0.4) is 0 Å². The lowest BCUT2D eigenvalue weighted by molar-refractivity contribution is 0.204. The van der Waals surface area contributed by atoms with Crippen LogP contribution in [0.15, 0.2) is 22.4 Å². The molecule has 0 aromatic heterocycles. The summed E-state index contributed by atoms with van der Waals surface area (Å²) in [5.74, 6) is 1.79. The molecule has 0 spiro atoms. The van der Waals surface area contributed by atoms with E-state index in [1.54, 1.807) is 13.3 Å². The highest BCUT2D eigenvalue weighted by Crippen LogP contribution is 2.14. The molecule has 5 heteroatoms. The molecule has 5 nitrogen and oxygen atoms in total. The Morgan fingerprint density at radius 2 is 2.53 bits per heavy atom. The summed E-state index contributed by atoms with van der Waals surface area (Å²) in [6, 6.07) is 0.436. The number of rotatable bonds is 3. The van der Waals surface area contributed by atoms with E-state index in [9.17, 15) is 0 Å². The predicted octanol–water partition coefficient (Wildman–Crippen LogP) is 0.208. The first-order valence-corrected chi connectivity index (χ1v) is 5.13. The van der Waals surface area contributed by atoms with Gasteiger partial charge in [0.15, 0.2) is 11.7 Å². The van der Waals surface area contributed by atoms with Crippen molar-refractivity contribution in [2.45, 2.75) is 13.0 Å². The van der Waals surface area contributed by atoms with Gasteiger partial charge in [0.1, 0.15) is 0 Å². The van der Waals surface area contributed by atoms with Gasteiger partial charge < -0.3 is 15.0 Å². The lowest BCUT2D eigenvalue weighted by atomic mass is 10.3. The summed E-state index contributed by atoms with van der Waals surface area (Å²) in [6.07, 6.45) is 3.77. The summed E-state index contributed by atoms with van der Waals surface area (Å²) in [5, 5.41) is 3.22. The van der Waals surface area contributed by atoms with E-state index in [0.717, 1.165) is 24.8 Å². The number of nitrogens with one attached hydrogen (secondary N) is 1. The average Bonchev–Trinajstić information content (AvgIpc) is 2.62. The van der Waals surface area contributed by atoms with E-state index in [1.807, 2.05) is 6.20 Å². The van der Waals surface area contributed by atoms with Gasteiger partial charge in [-0.15, -0.1) is 0 Å². The summed E-state index contributed by atoms with van der Waals surface area (Å²) in [6.45, 7) is 4.42. The smallest absolute Gasteiger partial charge is 0.171 e. The maximum absolute atomic E-state index is 4.98. The van der Waals surface area contributed by atoms with E-state index >= 15 is 0 Å². The van der Waals surface area contributed by atoms with Crippen molar-refractivity contribution in [3.63, 3.8) is 0 Å². The lowest BCUT2D eigenvalue weighted by Crippen LogP contribution is -2.43. The van der Waals surface area contributed by atoms with Crippen molar-refractivity contribution in [1.82, 2.24) is 10.2 Å². The average molecular weight is 208 g/mol. The van der Waals surface area contributed by atoms with Crippen LogP contribution in [0, 0.1) is 0 Å². The molecule has 2 aliphatic heterocycles. The molecule has 82 valence electrons. The Morgan fingerprint density at radius 3 is 3.33 bits per heavy atom. The van der Waals surface area contributed by atoms with E-state index in [0.29, 0.717) is 12.6 Å². The molecule has 0 amide bonds.